The van der Waals surface area contributed by atoms with Gasteiger partial charge in [-0.2, -0.15) is 0 Å². The number of nitrogens with one attached hydrogen (secondary N) is 1. The van der Waals surface area contributed by atoms with Crippen molar-refractivity contribution in [3.05, 3.63) is 29.6 Å². The Bertz CT molecular complexity index is 345. The van der Waals surface area contributed by atoms with Crippen molar-refractivity contribution in [1.29, 1.82) is 0 Å². The number of aromatic nitrogens is 1. The predicted octanol–water partition coefficient (Wildman–Crippen LogP) is 1.32. The highest BCUT2D eigenvalue weighted by Crippen LogP contribution is 2.18. The summed E-state index contributed by atoms with van der Waals surface area (Å²) in [6, 6.07) is 2.44. The van der Waals surface area contributed by atoms with Crippen LogP contribution in [0.4, 0.5) is 0 Å². The summed E-state index contributed by atoms with van der Waals surface area (Å²) in [5.74, 6) is 0.141. The van der Waals surface area contributed by atoms with E-state index < -0.39 is 0 Å². The van der Waals surface area contributed by atoms with Gasteiger partial charge in [0.25, 0.3) is 0 Å². The average molecular weight is 190 g/mol. The van der Waals surface area contributed by atoms with Gasteiger partial charge in [0.2, 0.25) is 0 Å². The molecule has 1 N–H and O–H groups in total. The van der Waals surface area contributed by atoms with E-state index in [0.717, 1.165) is 11.1 Å². The molecule has 0 spiro atoms. The van der Waals surface area contributed by atoms with Crippen molar-refractivity contribution in [2.75, 3.05) is 6.54 Å². The molecule has 1 aliphatic carbocycles. The summed E-state index contributed by atoms with van der Waals surface area (Å²) in [6.07, 6.45) is 5.77. The van der Waals surface area contributed by atoms with Crippen LogP contribution in [0.25, 0.3) is 0 Å². The van der Waals surface area contributed by atoms with Crippen LogP contribution >= 0.6 is 0 Å². The van der Waals surface area contributed by atoms with Gasteiger partial charge in [-0.1, -0.05) is 0 Å². The predicted molar refractivity (Wildman–Crippen MR) is 54.3 cm³/mol. The molecule has 0 aromatic carbocycles. The van der Waals surface area contributed by atoms with Crippen LogP contribution in [-0.4, -0.2) is 23.4 Å². The Labute approximate surface area is 83.5 Å². The Morgan fingerprint density at radius 3 is 3.07 bits per heavy atom. The number of aryl methyl sites for hydroxylation is 1. The average Bonchev–Trinajstić information content (AvgIpc) is 2.98. The first-order valence-electron chi connectivity index (χ1n) is 4.94. The molecule has 0 radical (unpaired) electrons. The minimum Gasteiger partial charge on any atom is -0.307 e. The van der Waals surface area contributed by atoms with E-state index in [2.05, 4.69) is 10.3 Å². The van der Waals surface area contributed by atoms with E-state index >= 15 is 0 Å². The third kappa shape index (κ3) is 2.17. The maximum Gasteiger partial charge on any atom is 0.178 e. The number of hydrogen-bond acceptors (Lipinski definition) is 3. The maximum atomic E-state index is 11.7. The molecule has 1 saturated carbocycles. The quantitative estimate of drug-likeness (QED) is 0.728. The Kier molecular flexibility index (Phi) is 2.59. The molecule has 1 aromatic heterocycles. The first-order chi connectivity index (χ1) is 6.77. The van der Waals surface area contributed by atoms with Gasteiger partial charge in [-0.25, -0.2) is 0 Å². The second-order valence-electron chi connectivity index (χ2n) is 3.77. The third-order valence-electron chi connectivity index (χ3n) is 2.47. The number of Topliss-reactive ketones (excluding diaryl/α,β-unsaturated/α-hetero) is 1. The second-order valence-corrected chi connectivity index (χ2v) is 3.77. The summed E-state index contributed by atoms with van der Waals surface area (Å²) in [5, 5.41) is 3.20. The number of nitrogens with zero attached hydrogens (tertiary/aromatic N) is 1. The van der Waals surface area contributed by atoms with Crippen molar-refractivity contribution in [1.82, 2.24) is 10.3 Å². The molecule has 14 heavy (non-hydrogen) atoms. The van der Waals surface area contributed by atoms with Crippen LogP contribution in [-0.2, 0) is 0 Å². The molecule has 2 rings (SSSR count). The van der Waals surface area contributed by atoms with Crippen LogP contribution in [0.2, 0.25) is 0 Å². The lowest BCUT2D eigenvalue weighted by molar-refractivity contribution is 0.0989. The second kappa shape index (κ2) is 3.88. The Balaban J connectivity index is 1.98. The highest BCUT2D eigenvalue weighted by Gasteiger charge is 2.21. The van der Waals surface area contributed by atoms with Gasteiger partial charge < -0.3 is 5.32 Å². The van der Waals surface area contributed by atoms with Gasteiger partial charge in [0.05, 0.1) is 6.54 Å². The number of carbonyl (C=O) groups excluding carboxylic acids is 1. The number of pyridine rings is 1. The lowest BCUT2D eigenvalue weighted by Crippen LogP contribution is -2.25. The fourth-order valence-electron chi connectivity index (χ4n) is 1.38. The molecule has 3 heteroatoms. The van der Waals surface area contributed by atoms with E-state index in [0.29, 0.717) is 12.6 Å². The maximum absolute atomic E-state index is 11.7. The molecule has 1 fully saturated rings. The smallest absolute Gasteiger partial charge is 0.178 e. The molecule has 1 aliphatic rings. The SMILES string of the molecule is Cc1ccncc1C(=O)CNC1CC1. The summed E-state index contributed by atoms with van der Waals surface area (Å²) in [5.41, 5.74) is 1.74. The first-order valence-corrected chi connectivity index (χ1v) is 4.94. The van der Waals surface area contributed by atoms with Gasteiger partial charge in [-0.3, -0.25) is 9.78 Å². The van der Waals surface area contributed by atoms with Gasteiger partial charge in [0.15, 0.2) is 5.78 Å². The molecule has 0 atom stereocenters. The fraction of sp³-hybridized carbons (Fsp3) is 0.455. The van der Waals surface area contributed by atoms with Crippen molar-refractivity contribution in [2.45, 2.75) is 25.8 Å². The molecule has 1 heterocycles. The topological polar surface area (TPSA) is 42.0 Å². The zero-order chi connectivity index (χ0) is 9.97. The summed E-state index contributed by atoms with van der Waals surface area (Å²) in [7, 11) is 0. The molecular formula is C11H14N2O. The molecular weight excluding hydrogens is 176 g/mol. The lowest BCUT2D eigenvalue weighted by Gasteiger charge is -2.04. The Morgan fingerprint density at radius 2 is 2.43 bits per heavy atom. The number of hydrogen-bond donors (Lipinski definition) is 1. The van der Waals surface area contributed by atoms with Crippen molar-refractivity contribution < 1.29 is 4.79 Å². The van der Waals surface area contributed by atoms with Crippen LogP contribution in [0.5, 0.6) is 0 Å². The van der Waals surface area contributed by atoms with E-state index in [-0.39, 0.29) is 5.78 Å². The highest BCUT2D eigenvalue weighted by atomic mass is 16.1. The molecule has 3 nitrogen and oxygen atoms in total. The molecule has 74 valence electrons. The minimum absolute atomic E-state index is 0.141. The summed E-state index contributed by atoms with van der Waals surface area (Å²) in [6.45, 7) is 2.38. The fourth-order valence-corrected chi connectivity index (χ4v) is 1.38. The Hall–Kier alpha value is -1.22. The van der Waals surface area contributed by atoms with Crippen LogP contribution < -0.4 is 5.32 Å². The van der Waals surface area contributed by atoms with Gasteiger partial charge in [-0.15, -0.1) is 0 Å². The summed E-state index contributed by atoms with van der Waals surface area (Å²) >= 11 is 0. The summed E-state index contributed by atoms with van der Waals surface area (Å²) in [4.78, 5) is 15.7. The van der Waals surface area contributed by atoms with Gasteiger partial charge in [0, 0.05) is 24.0 Å². The summed E-state index contributed by atoms with van der Waals surface area (Å²) < 4.78 is 0. The van der Waals surface area contributed by atoms with E-state index in [4.69, 9.17) is 0 Å². The van der Waals surface area contributed by atoms with Crippen LogP contribution in [0, 0.1) is 6.92 Å². The molecule has 0 unspecified atom stereocenters. The van der Waals surface area contributed by atoms with E-state index in [9.17, 15) is 4.79 Å². The van der Waals surface area contributed by atoms with Crippen LogP contribution in [0.1, 0.15) is 28.8 Å². The van der Waals surface area contributed by atoms with Crippen molar-refractivity contribution in [3.63, 3.8) is 0 Å². The lowest BCUT2D eigenvalue weighted by atomic mass is 10.1. The molecule has 1 aromatic rings. The third-order valence-corrected chi connectivity index (χ3v) is 2.47. The van der Waals surface area contributed by atoms with E-state index in [1.54, 1.807) is 12.4 Å². The molecule has 0 amide bonds. The van der Waals surface area contributed by atoms with Crippen molar-refractivity contribution >= 4 is 5.78 Å². The first kappa shape index (κ1) is 9.34. The number of ketones is 1. The minimum atomic E-state index is 0.141. The Morgan fingerprint density at radius 1 is 1.64 bits per heavy atom. The molecule has 0 saturated heterocycles. The standard InChI is InChI=1S/C11H14N2O/c1-8-4-5-12-6-10(8)11(14)7-13-9-2-3-9/h4-6,9,13H,2-3,7H2,1H3. The monoisotopic (exact) mass is 190 g/mol. The highest BCUT2D eigenvalue weighted by molar-refractivity contribution is 5.98. The van der Waals surface area contributed by atoms with E-state index in [1.807, 2.05) is 13.0 Å². The van der Waals surface area contributed by atoms with Gasteiger partial charge in [-0.05, 0) is 31.4 Å². The van der Waals surface area contributed by atoms with Gasteiger partial charge >= 0.3 is 0 Å². The molecule has 0 bridgehead atoms. The zero-order valence-corrected chi connectivity index (χ0v) is 8.29. The largest absolute Gasteiger partial charge is 0.307 e. The normalized spacial score (nSPS) is 15.5. The van der Waals surface area contributed by atoms with Crippen LogP contribution in [0.15, 0.2) is 18.5 Å². The van der Waals surface area contributed by atoms with Crippen molar-refractivity contribution in [2.24, 2.45) is 0 Å². The number of rotatable bonds is 4. The van der Waals surface area contributed by atoms with Crippen LogP contribution in [0.3, 0.4) is 0 Å². The van der Waals surface area contributed by atoms with Gasteiger partial charge in [0.1, 0.15) is 0 Å². The number of carbonyl (C=O) groups is 1. The van der Waals surface area contributed by atoms with E-state index in [1.165, 1.54) is 12.8 Å². The van der Waals surface area contributed by atoms with Crippen molar-refractivity contribution in [3.8, 4) is 0 Å². The zero-order valence-electron chi connectivity index (χ0n) is 8.29. The molecule has 0 aliphatic heterocycles.